The first-order valence-electron chi connectivity index (χ1n) is 12.7. The van der Waals surface area contributed by atoms with Gasteiger partial charge in [-0.1, -0.05) is 18.9 Å². The van der Waals surface area contributed by atoms with Crippen LogP contribution < -0.4 is 10.5 Å². The lowest BCUT2D eigenvalue weighted by Crippen LogP contribution is -2.22. The number of benzene rings is 1. The molecule has 3 aromatic rings. The second-order valence-corrected chi connectivity index (χ2v) is 12.6. The number of fused-ring (bicyclic) bond motifs is 1. The Kier molecular flexibility index (Phi) is 7.84. The van der Waals surface area contributed by atoms with E-state index in [2.05, 4.69) is 27.3 Å². The number of nitrogens with one attached hydrogen (secondary N) is 1. The topological polar surface area (TPSA) is 133 Å². The summed E-state index contributed by atoms with van der Waals surface area (Å²) in [6.07, 6.45) is 10.5. The number of nitrogens with zero attached hydrogens (tertiary/aromatic N) is 2. The van der Waals surface area contributed by atoms with E-state index in [1.54, 1.807) is 0 Å². The van der Waals surface area contributed by atoms with Gasteiger partial charge in [0.2, 0.25) is 5.78 Å². The van der Waals surface area contributed by atoms with Crippen molar-refractivity contribution in [1.29, 1.82) is 0 Å². The zero-order valence-electron chi connectivity index (χ0n) is 21.7. The van der Waals surface area contributed by atoms with E-state index in [1.807, 2.05) is 32.0 Å². The van der Waals surface area contributed by atoms with Crippen LogP contribution in [0.5, 0.6) is 0 Å². The summed E-state index contributed by atoms with van der Waals surface area (Å²) in [5.41, 5.74) is 4.36. The number of terminal acetylenes is 1. The largest absolute Gasteiger partial charge is 0.368 e. The number of aromatic nitrogens is 2. The Morgan fingerprint density at radius 2 is 2.13 bits per heavy atom. The smallest absolute Gasteiger partial charge is 0.333 e. The maximum absolute atomic E-state index is 13.7. The number of rotatable bonds is 8. The third-order valence-electron chi connectivity index (χ3n) is 7.51. The lowest BCUT2D eigenvalue weighted by molar-refractivity contribution is 0.0697. The molecular formula is C28H30N4O5S2. The van der Waals surface area contributed by atoms with Gasteiger partial charge in [0.15, 0.2) is 0 Å². The minimum absolute atomic E-state index is 0.00588. The fraction of sp³-hybridized carbons (Fsp3) is 0.393. The van der Waals surface area contributed by atoms with Gasteiger partial charge in [-0.25, -0.2) is 15.1 Å². The quantitative estimate of drug-likeness (QED) is 0.311. The van der Waals surface area contributed by atoms with Gasteiger partial charge in [0.25, 0.3) is 0 Å². The number of thiophene rings is 1. The standard InChI is InChI=1S/C28H30N4O5S2/c1-4-18-5-6-19-7-8-36-27(23(19)10-18)22-12-25(38-17(22)3)26(33)24-13-30-15-31-28(24)32-21-9-16(2)20(11-21)14-37-39(29,34)35/h1,5-6,10,12-13,15-16,20-21,27H,7-9,11,14H2,2-3H3,(H2,29,34,35)(H,30,31,32)/t16-,20+,21-,27?/m0/s1. The van der Waals surface area contributed by atoms with Gasteiger partial charge in [0.1, 0.15) is 18.2 Å². The minimum Gasteiger partial charge on any atom is -0.368 e. The highest BCUT2D eigenvalue weighted by atomic mass is 32.2. The molecule has 3 N–H and O–H groups in total. The van der Waals surface area contributed by atoms with Gasteiger partial charge in [0, 0.05) is 22.7 Å². The van der Waals surface area contributed by atoms with Crippen molar-refractivity contribution in [3.63, 3.8) is 0 Å². The molecule has 0 bridgehead atoms. The zero-order chi connectivity index (χ0) is 27.7. The molecule has 0 radical (unpaired) electrons. The third kappa shape index (κ3) is 6.05. The molecule has 9 nitrogen and oxygen atoms in total. The number of ether oxygens (including phenoxy) is 1. The Balaban J connectivity index is 1.36. The monoisotopic (exact) mass is 566 g/mol. The molecule has 0 amide bonds. The zero-order valence-corrected chi connectivity index (χ0v) is 23.3. The molecule has 2 aliphatic rings. The summed E-state index contributed by atoms with van der Waals surface area (Å²) in [6.45, 7) is 4.65. The molecular weight excluding hydrogens is 536 g/mol. The molecule has 0 saturated heterocycles. The maximum atomic E-state index is 13.7. The van der Waals surface area contributed by atoms with E-state index in [-0.39, 0.29) is 36.4 Å². The Morgan fingerprint density at radius 1 is 1.31 bits per heavy atom. The second kappa shape index (κ2) is 11.2. The molecule has 39 heavy (non-hydrogen) atoms. The summed E-state index contributed by atoms with van der Waals surface area (Å²) >= 11 is 1.42. The molecule has 5 rings (SSSR count). The van der Waals surface area contributed by atoms with Crippen LogP contribution in [-0.4, -0.2) is 43.4 Å². The predicted octanol–water partition coefficient (Wildman–Crippen LogP) is 3.77. The maximum Gasteiger partial charge on any atom is 0.333 e. The fourth-order valence-corrected chi connectivity index (χ4v) is 6.83. The van der Waals surface area contributed by atoms with Gasteiger partial charge < -0.3 is 10.1 Å². The molecule has 1 aliphatic heterocycles. The van der Waals surface area contributed by atoms with Crippen molar-refractivity contribution >= 4 is 33.2 Å². The number of carbonyl (C=O) groups excluding carboxylic acids is 1. The highest BCUT2D eigenvalue weighted by Gasteiger charge is 2.34. The summed E-state index contributed by atoms with van der Waals surface area (Å²) in [7, 11) is -3.99. The van der Waals surface area contributed by atoms with E-state index in [1.165, 1.54) is 29.4 Å². The Morgan fingerprint density at radius 3 is 2.90 bits per heavy atom. The van der Waals surface area contributed by atoms with Crippen molar-refractivity contribution in [3.05, 3.63) is 74.4 Å². The number of aryl methyl sites for hydroxylation is 1. The highest BCUT2D eigenvalue weighted by molar-refractivity contribution is 7.84. The Bertz CT molecular complexity index is 1550. The normalized spacial score (nSPS) is 22.7. The van der Waals surface area contributed by atoms with E-state index in [0.717, 1.165) is 34.4 Å². The van der Waals surface area contributed by atoms with Crippen LogP contribution in [0.2, 0.25) is 0 Å². The van der Waals surface area contributed by atoms with Crippen LogP contribution in [0.1, 0.15) is 68.2 Å². The van der Waals surface area contributed by atoms with E-state index >= 15 is 0 Å². The molecule has 1 aromatic carbocycles. The van der Waals surface area contributed by atoms with Crippen LogP contribution in [0, 0.1) is 31.1 Å². The van der Waals surface area contributed by atoms with Crippen molar-refractivity contribution in [3.8, 4) is 12.3 Å². The summed E-state index contributed by atoms with van der Waals surface area (Å²) in [5.74, 6) is 3.19. The number of nitrogens with two attached hydrogens (primary N) is 1. The Hall–Kier alpha value is -3.14. The molecule has 1 unspecified atom stereocenters. The van der Waals surface area contributed by atoms with Crippen molar-refractivity contribution < 1.29 is 22.1 Å². The fourth-order valence-electron chi connectivity index (χ4n) is 5.46. The predicted molar refractivity (Wildman–Crippen MR) is 149 cm³/mol. The number of ketones is 1. The average Bonchev–Trinajstić information content (AvgIpc) is 3.47. The number of hydrogen-bond acceptors (Lipinski definition) is 9. The molecule has 1 aliphatic carbocycles. The van der Waals surface area contributed by atoms with Crippen LogP contribution in [0.15, 0.2) is 36.8 Å². The first-order valence-corrected chi connectivity index (χ1v) is 15.0. The molecule has 4 atom stereocenters. The van der Waals surface area contributed by atoms with E-state index in [4.69, 9.17) is 20.5 Å². The summed E-state index contributed by atoms with van der Waals surface area (Å²) < 4.78 is 33.4. The summed E-state index contributed by atoms with van der Waals surface area (Å²) in [6, 6.07) is 7.89. The summed E-state index contributed by atoms with van der Waals surface area (Å²) in [5, 5.41) is 8.37. The molecule has 11 heteroatoms. The van der Waals surface area contributed by atoms with Crippen molar-refractivity contribution in [1.82, 2.24) is 9.97 Å². The SMILES string of the molecule is C#Cc1ccc2c(c1)C(c1cc(C(=O)c3cncnc3N[C@@H]3C[C@H](COS(N)(=O)=O)[C@@H](C)C3)sc1C)OCC2. The molecule has 204 valence electrons. The van der Waals surface area contributed by atoms with Gasteiger partial charge in [-0.3, -0.25) is 8.98 Å². The molecule has 1 saturated carbocycles. The molecule has 1 fully saturated rings. The molecule has 0 spiro atoms. The molecule has 3 heterocycles. The van der Waals surface area contributed by atoms with Crippen LogP contribution >= 0.6 is 11.3 Å². The minimum atomic E-state index is -3.99. The van der Waals surface area contributed by atoms with Crippen LogP contribution in [-0.2, 0) is 25.6 Å². The van der Waals surface area contributed by atoms with Crippen LogP contribution in [0.3, 0.4) is 0 Å². The molecule has 2 aromatic heterocycles. The number of hydrogen-bond donors (Lipinski definition) is 2. The van der Waals surface area contributed by atoms with Crippen LogP contribution in [0.25, 0.3) is 0 Å². The van der Waals surface area contributed by atoms with Gasteiger partial charge >= 0.3 is 10.3 Å². The van der Waals surface area contributed by atoms with Crippen molar-refractivity contribution in [2.75, 3.05) is 18.5 Å². The third-order valence-corrected chi connectivity index (χ3v) is 9.04. The lowest BCUT2D eigenvalue weighted by atomic mass is 9.91. The highest BCUT2D eigenvalue weighted by Crippen LogP contribution is 2.39. The first-order chi connectivity index (χ1) is 18.6. The summed E-state index contributed by atoms with van der Waals surface area (Å²) in [4.78, 5) is 23.7. The van der Waals surface area contributed by atoms with E-state index in [9.17, 15) is 13.2 Å². The lowest BCUT2D eigenvalue weighted by Gasteiger charge is -2.26. The van der Waals surface area contributed by atoms with Crippen molar-refractivity contribution in [2.24, 2.45) is 17.0 Å². The number of carbonyl (C=O) groups is 1. The first kappa shape index (κ1) is 27.4. The number of anilines is 1. The second-order valence-electron chi connectivity index (χ2n) is 10.1. The van der Waals surface area contributed by atoms with Gasteiger partial charge in [-0.2, -0.15) is 8.42 Å². The van der Waals surface area contributed by atoms with Crippen molar-refractivity contribution in [2.45, 2.75) is 45.3 Å². The van der Waals surface area contributed by atoms with Gasteiger partial charge in [-0.05, 0) is 72.9 Å². The van der Waals surface area contributed by atoms with Gasteiger partial charge in [-0.15, -0.1) is 17.8 Å². The van der Waals surface area contributed by atoms with E-state index in [0.29, 0.717) is 29.3 Å². The van der Waals surface area contributed by atoms with Crippen LogP contribution in [0.4, 0.5) is 5.82 Å². The van der Waals surface area contributed by atoms with Gasteiger partial charge in [0.05, 0.1) is 23.7 Å². The average molecular weight is 567 g/mol. The van der Waals surface area contributed by atoms with E-state index < -0.39 is 10.3 Å². The Labute approximate surface area is 232 Å².